The Morgan fingerprint density at radius 2 is 2.00 bits per heavy atom. The Morgan fingerprint density at radius 3 is 2.42 bits per heavy atom. The maximum absolute atomic E-state index is 11.8. The molecule has 0 aromatic carbocycles. The van der Waals surface area contributed by atoms with Crippen LogP contribution in [0.3, 0.4) is 0 Å². The van der Waals surface area contributed by atoms with Gasteiger partial charge in [-0.15, -0.1) is 0 Å². The van der Waals surface area contributed by atoms with Gasteiger partial charge in [0.2, 0.25) is 0 Å². The maximum atomic E-state index is 11.8. The van der Waals surface area contributed by atoms with E-state index in [0.717, 1.165) is 4.31 Å². The molecule has 0 fully saturated rings. The molecule has 0 aromatic rings. The van der Waals surface area contributed by atoms with Crippen LogP contribution in [0.15, 0.2) is 5.16 Å². The van der Waals surface area contributed by atoms with Crippen molar-refractivity contribution in [1.82, 2.24) is 9.03 Å². The van der Waals surface area contributed by atoms with Gasteiger partial charge in [0.05, 0.1) is 6.10 Å². The number of nitrogens with zero attached hydrogens (tertiary/aromatic N) is 2. The van der Waals surface area contributed by atoms with Gasteiger partial charge >= 0.3 is 16.3 Å². The standard InChI is InChI=1S/C9H20N4O5S/c1-6(2)18-9(14)12-19(16,17)13(4)7(3)5-8(10)11-15/h6-7,15H,5H2,1-4H3,(H2,10,11)(H,12,14). The Morgan fingerprint density at radius 1 is 1.47 bits per heavy atom. The number of amides is 1. The highest BCUT2D eigenvalue weighted by molar-refractivity contribution is 7.87. The van der Waals surface area contributed by atoms with E-state index < -0.39 is 28.4 Å². The van der Waals surface area contributed by atoms with Crippen molar-refractivity contribution in [3.63, 3.8) is 0 Å². The molecule has 0 rings (SSSR count). The molecule has 0 spiro atoms. The minimum atomic E-state index is -4.04. The molecular weight excluding hydrogens is 276 g/mol. The minimum Gasteiger partial charge on any atom is -0.446 e. The highest BCUT2D eigenvalue weighted by Gasteiger charge is 2.26. The van der Waals surface area contributed by atoms with Crippen LogP contribution in [-0.2, 0) is 14.9 Å². The zero-order chi connectivity index (χ0) is 15.2. The van der Waals surface area contributed by atoms with Gasteiger partial charge in [-0.25, -0.2) is 9.52 Å². The van der Waals surface area contributed by atoms with Crippen LogP contribution in [0.5, 0.6) is 0 Å². The third-order valence-corrected chi connectivity index (χ3v) is 3.73. The predicted molar refractivity (Wildman–Crippen MR) is 68.9 cm³/mol. The Labute approximate surface area is 112 Å². The quantitative estimate of drug-likeness (QED) is 0.269. The van der Waals surface area contributed by atoms with Crippen LogP contribution < -0.4 is 10.5 Å². The van der Waals surface area contributed by atoms with Crippen LogP contribution in [0.2, 0.25) is 0 Å². The molecule has 1 atom stereocenters. The predicted octanol–water partition coefficient (Wildman–Crippen LogP) is -0.177. The zero-order valence-corrected chi connectivity index (χ0v) is 12.1. The maximum Gasteiger partial charge on any atom is 0.422 e. The van der Waals surface area contributed by atoms with Crippen molar-refractivity contribution in [2.75, 3.05) is 7.05 Å². The highest BCUT2D eigenvalue weighted by atomic mass is 32.2. The topological polar surface area (TPSA) is 134 Å². The molecule has 0 saturated carbocycles. The Hall–Kier alpha value is -1.55. The molecule has 19 heavy (non-hydrogen) atoms. The van der Waals surface area contributed by atoms with Gasteiger partial charge < -0.3 is 15.7 Å². The van der Waals surface area contributed by atoms with Crippen molar-refractivity contribution >= 4 is 22.1 Å². The first-order chi connectivity index (χ1) is 8.60. The summed E-state index contributed by atoms with van der Waals surface area (Å²) in [6.07, 6.45) is -1.47. The molecule has 1 amide bonds. The normalized spacial score (nSPS) is 14.5. The van der Waals surface area contributed by atoms with Gasteiger partial charge in [-0.05, 0) is 20.8 Å². The van der Waals surface area contributed by atoms with E-state index >= 15 is 0 Å². The van der Waals surface area contributed by atoms with Crippen molar-refractivity contribution in [1.29, 1.82) is 0 Å². The summed E-state index contributed by atoms with van der Waals surface area (Å²) in [5.74, 6) is -0.112. The third-order valence-electron chi connectivity index (χ3n) is 2.19. The van der Waals surface area contributed by atoms with Crippen molar-refractivity contribution in [3.05, 3.63) is 0 Å². The largest absolute Gasteiger partial charge is 0.446 e. The number of carbonyl (C=O) groups is 1. The van der Waals surface area contributed by atoms with Gasteiger partial charge in [0.1, 0.15) is 5.84 Å². The van der Waals surface area contributed by atoms with Gasteiger partial charge in [0, 0.05) is 19.5 Å². The molecule has 0 aliphatic rings. The van der Waals surface area contributed by atoms with E-state index in [1.54, 1.807) is 25.5 Å². The second-order valence-electron chi connectivity index (χ2n) is 4.22. The van der Waals surface area contributed by atoms with E-state index in [9.17, 15) is 13.2 Å². The van der Waals surface area contributed by atoms with E-state index in [4.69, 9.17) is 10.9 Å². The van der Waals surface area contributed by atoms with Crippen LogP contribution in [0.1, 0.15) is 27.2 Å². The SMILES string of the molecule is CC(C)OC(=O)NS(=O)(=O)N(C)C(C)CC(N)=NO. The smallest absolute Gasteiger partial charge is 0.422 e. The first kappa shape index (κ1) is 17.4. The Balaban J connectivity index is 4.68. The van der Waals surface area contributed by atoms with Gasteiger partial charge in [-0.2, -0.15) is 12.7 Å². The molecule has 9 nitrogen and oxygen atoms in total. The fourth-order valence-corrected chi connectivity index (χ4v) is 2.08. The van der Waals surface area contributed by atoms with Gasteiger partial charge in [0.25, 0.3) is 0 Å². The summed E-state index contributed by atoms with van der Waals surface area (Å²) >= 11 is 0. The van der Waals surface area contributed by atoms with Crippen molar-refractivity contribution in [2.45, 2.75) is 39.3 Å². The lowest BCUT2D eigenvalue weighted by molar-refractivity contribution is 0.121. The molecule has 0 aliphatic heterocycles. The number of carbonyl (C=O) groups excluding carboxylic acids is 1. The molecule has 0 heterocycles. The zero-order valence-electron chi connectivity index (χ0n) is 11.3. The van der Waals surface area contributed by atoms with E-state index in [0.29, 0.717) is 0 Å². The number of hydrogen-bond donors (Lipinski definition) is 3. The first-order valence-corrected chi connectivity index (χ1v) is 6.97. The molecule has 1 unspecified atom stereocenters. The van der Waals surface area contributed by atoms with Crippen LogP contribution in [0.4, 0.5) is 4.79 Å². The monoisotopic (exact) mass is 296 g/mol. The molecule has 0 aromatic heterocycles. The second kappa shape index (κ2) is 7.14. The number of amidine groups is 1. The summed E-state index contributed by atoms with van der Waals surface area (Å²) in [7, 11) is -2.78. The van der Waals surface area contributed by atoms with Crippen molar-refractivity contribution < 1.29 is 23.2 Å². The number of nitrogens with one attached hydrogen (secondary N) is 1. The molecule has 0 aliphatic carbocycles. The van der Waals surface area contributed by atoms with Crippen LogP contribution in [0, 0.1) is 0 Å². The molecule has 0 radical (unpaired) electrons. The van der Waals surface area contributed by atoms with Gasteiger partial charge in [-0.1, -0.05) is 5.16 Å². The Bertz CT molecular complexity index is 434. The van der Waals surface area contributed by atoms with Crippen LogP contribution in [0.25, 0.3) is 0 Å². The highest BCUT2D eigenvalue weighted by Crippen LogP contribution is 2.06. The van der Waals surface area contributed by atoms with Crippen LogP contribution >= 0.6 is 0 Å². The Kier molecular flexibility index (Phi) is 6.56. The third kappa shape index (κ3) is 6.25. The second-order valence-corrected chi connectivity index (χ2v) is 5.95. The fourth-order valence-electron chi connectivity index (χ4n) is 1.12. The summed E-state index contributed by atoms with van der Waals surface area (Å²) in [5, 5.41) is 11.2. The molecule has 4 N–H and O–H groups in total. The summed E-state index contributed by atoms with van der Waals surface area (Å²) in [6.45, 7) is 4.74. The first-order valence-electron chi connectivity index (χ1n) is 5.53. The fraction of sp³-hybridized carbons (Fsp3) is 0.778. The number of hydrogen-bond acceptors (Lipinski definition) is 6. The van der Waals surface area contributed by atoms with Gasteiger partial charge in [0.15, 0.2) is 0 Å². The summed E-state index contributed by atoms with van der Waals surface area (Å²) in [5.41, 5.74) is 5.29. The van der Waals surface area contributed by atoms with E-state index in [-0.39, 0.29) is 12.3 Å². The number of nitrogens with two attached hydrogens (primary N) is 1. The molecule has 0 saturated heterocycles. The van der Waals surface area contributed by atoms with E-state index in [2.05, 4.69) is 9.89 Å². The summed E-state index contributed by atoms with van der Waals surface area (Å²) < 4.78 is 30.9. The average molecular weight is 296 g/mol. The molecule has 10 heteroatoms. The average Bonchev–Trinajstić information content (AvgIpc) is 2.25. The number of rotatable bonds is 6. The summed E-state index contributed by atoms with van der Waals surface area (Å²) in [6, 6.07) is -0.597. The lowest BCUT2D eigenvalue weighted by atomic mass is 10.2. The van der Waals surface area contributed by atoms with Crippen molar-refractivity contribution in [2.24, 2.45) is 10.9 Å². The lowest BCUT2D eigenvalue weighted by Crippen LogP contribution is -2.46. The summed E-state index contributed by atoms with van der Waals surface area (Å²) in [4.78, 5) is 11.2. The van der Waals surface area contributed by atoms with Gasteiger partial charge in [-0.3, -0.25) is 0 Å². The van der Waals surface area contributed by atoms with E-state index in [1.807, 2.05) is 0 Å². The number of oxime groups is 1. The lowest BCUT2D eigenvalue weighted by Gasteiger charge is -2.23. The molecular formula is C9H20N4O5S. The minimum absolute atomic E-state index is 0.0210. The number of ether oxygens (including phenoxy) is 1. The molecule has 0 bridgehead atoms. The van der Waals surface area contributed by atoms with E-state index in [1.165, 1.54) is 7.05 Å². The van der Waals surface area contributed by atoms with Crippen molar-refractivity contribution in [3.8, 4) is 0 Å². The molecule has 112 valence electrons. The van der Waals surface area contributed by atoms with Crippen LogP contribution in [-0.4, -0.2) is 49.1 Å².